The van der Waals surface area contributed by atoms with Gasteiger partial charge in [-0.1, -0.05) is 48.9 Å². The topological polar surface area (TPSA) is 75.7 Å². The minimum Gasteiger partial charge on any atom is -0.468 e. The second-order valence-electron chi connectivity index (χ2n) is 9.39. The maximum absolute atomic E-state index is 13.5. The lowest BCUT2D eigenvalue weighted by Crippen LogP contribution is -2.41. The fourth-order valence-corrected chi connectivity index (χ4v) is 6.17. The molecule has 0 bridgehead atoms. The van der Waals surface area contributed by atoms with Gasteiger partial charge in [-0.05, 0) is 54.0 Å². The van der Waals surface area contributed by atoms with Crippen LogP contribution >= 0.6 is 0 Å². The summed E-state index contributed by atoms with van der Waals surface area (Å²) < 4.78 is 5.27. The highest BCUT2D eigenvalue weighted by Gasteiger charge is 2.62. The van der Waals surface area contributed by atoms with E-state index in [1.165, 1.54) is 12.7 Å². The summed E-state index contributed by atoms with van der Waals surface area (Å²) >= 11 is 0. The van der Waals surface area contributed by atoms with Crippen LogP contribution in [0.2, 0.25) is 0 Å². The first-order valence-corrected chi connectivity index (χ1v) is 11.9. The lowest BCUT2D eigenvalue weighted by Gasteiger charge is -2.34. The van der Waals surface area contributed by atoms with Crippen LogP contribution in [-0.4, -0.2) is 36.3 Å². The number of benzene rings is 2. The van der Waals surface area contributed by atoms with Crippen molar-refractivity contribution in [1.82, 2.24) is 10.2 Å². The molecule has 0 unspecified atom stereocenters. The van der Waals surface area contributed by atoms with Crippen molar-refractivity contribution in [2.45, 2.75) is 51.5 Å². The van der Waals surface area contributed by atoms with Gasteiger partial charge in [0.05, 0.1) is 13.0 Å². The largest absolute Gasteiger partial charge is 0.468 e. The van der Waals surface area contributed by atoms with Gasteiger partial charge in [-0.15, -0.1) is 0 Å². The highest BCUT2D eigenvalue weighted by molar-refractivity contribution is 5.99. The van der Waals surface area contributed by atoms with Crippen LogP contribution in [0.4, 0.5) is 0 Å². The zero-order valence-corrected chi connectivity index (χ0v) is 19.1. The third-order valence-electron chi connectivity index (χ3n) is 7.64. The van der Waals surface area contributed by atoms with Gasteiger partial charge in [-0.3, -0.25) is 14.4 Å². The third-order valence-corrected chi connectivity index (χ3v) is 7.64. The maximum Gasteiger partial charge on any atom is 0.318 e. The molecule has 2 atom stereocenters. The van der Waals surface area contributed by atoms with Crippen molar-refractivity contribution in [2.75, 3.05) is 13.7 Å². The van der Waals surface area contributed by atoms with Crippen LogP contribution in [0, 0.1) is 11.3 Å². The number of nitrogens with one attached hydrogen (secondary N) is 1. The van der Waals surface area contributed by atoms with Gasteiger partial charge < -0.3 is 15.0 Å². The molecule has 6 nitrogen and oxygen atoms in total. The molecule has 6 heteroatoms. The average molecular weight is 447 g/mol. The summed E-state index contributed by atoms with van der Waals surface area (Å²) in [4.78, 5) is 41.7. The number of methoxy groups -OCH3 is 1. The number of fused-ring (bicyclic) bond motifs is 1. The van der Waals surface area contributed by atoms with Crippen LogP contribution in [0.5, 0.6) is 0 Å². The molecule has 0 spiro atoms. The molecule has 172 valence electrons. The lowest BCUT2D eigenvalue weighted by molar-refractivity contribution is -0.155. The Morgan fingerprint density at radius 2 is 1.88 bits per heavy atom. The van der Waals surface area contributed by atoms with Crippen LogP contribution in [0.1, 0.15) is 50.5 Å². The number of hydrogen-bond donors (Lipinski definition) is 1. The van der Waals surface area contributed by atoms with E-state index in [4.69, 9.17) is 4.74 Å². The minimum atomic E-state index is -1.03. The van der Waals surface area contributed by atoms with Crippen LogP contribution in [-0.2, 0) is 25.7 Å². The summed E-state index contributed by atoms with van der Waals surface area (Å²) in [5.41, 5.74) is 2.05. The van der Waals surface area contributed by atoms with Crippen molar-refractivity contribution in [2.24, 2.45) is 11.3 Å². The highest BCUT2D eigenvalue weighted by atomic mass is 16.5. The van der Waals surface area contributed by atoms with Gasteiger partial charge in [0.2, 0.25) is 11.8 Å². The van der Waals surface area contributed by atoms with E-state index in [1.807, 2.05) is 42.5 Å². The van der Waals surface area contributed by atoms with Gasteiger partial charge in [0, 0.05) is 25.2 Å². The van der Waals surface area contributed by atoms with Crippen LogP contribution in [0.25, 0.3) is 10.8 Å². The van der Waals surface area contributed by atoms with Crippen molar-refractivity contribution in [3.63, 3.8) is 0 Å². The quantitative estimate of drug-likeness (QED) is 0.702. The van der Waals surface area contributed by atoms with E-state index in [-0.39, 0.29) is 24.2 Å². The van der Waals surface area contributed by atoms with E-state index in [1.54, 1.807) is 4.90 Å². The van der Waals surface area contributed by atoms with Crippen LogP contribution in [0.3, 0.4) is 0 Å². The van der Waals surface area contributed by atoms with Crippen LogP contribution in [0.15, 0.2) is 53.7 Å². The molecule has 2 heterocycles. The van der Waals surface area contributed by atoms with Crippen molar-refractivity contribution >= 4 is 28.6 Å². The first-order valence-electron chi connectivity index (χ1n) is 11.9. The zero-order valence-electron chi connectivity index (χ0n) is 19.1. The fraction of sp³-hybridized carbons (Fsp3) is 0.444. The molecule has 3 aliphatic rings. The average Bonchev–Trinajstić information content (AvgIpc) is 2.97. The Balaban J connectivity index is 1.42. The molecule has 2 aliphatic heterocycles. The summed E-state index contributed by atoms with van der Waals surface area (Å²) in [6.07, 6.45) is 5.13. The molecule has 5 rings (SSSR count). The molecule has 2 aromatic rings. The number of carbonyl (C=O) groups excluding carboxylic acids is 3. The summed E-state index contributed by atoms with van der Waals surface area (Å²) in [5, 5.41) is 5.22. The first kappa shape index (κ1) is 21.7. The smallest absolute Gasteiger partial charge is 0.318 e. The number of amides is 2. The van der Waals surface area contributed by atoms with Crippen molar-refractivity contribution < 1.29 is 19.1 Å². The number of rotatable bonds is 5. The molecule has 33 heavy (non-hydrogen) atoms. The molecule has 1 N–H and O–H groups in total. The van der Waals surface area contributed by atoms with Crippen molar-refractivity contribution in [3.8, 4) is 0 Å². The van der Waals surface area contributed by atoms with Gasteiger partial charge >= 0.3 is 5.97 Å². The van der Waals surface area contributed by atoms with Crippen molar-refractivity contribution in [3.05, 3.63) is 59.3 Å². The van der Waals surface area contributed by atoms with E-state index in [9.17, 15) is 14.4 Å². The molecule has 1 fully saturated rings. The summed E-state index contributed by atoms with van der Waals surface area (Å²) in [6, 6.07) is 14.1. The fourth-order valence-electron chi connectivity index (χ4n) is 6.17. The third kappa shape index (κ3) is 3.52. The standard InChI is InChI=1S/C27H30N2O4/c1-33-26(32)27-14-5-4-9-19-12-7-15-29(24(19)27)25(31)22(27)16-23(30)28-17-20-11-6-10-18-8-2-3-13-21(18)20/h2-3,6,8,10-11,13,22H,4-5,7,9,12,14-17H2,1H3,(H,28,30)/t22-,27-/m1/s1. The summed E-state index contributed by atoms with van der Waals surface area (Å²) in [6.45, 7) is 0.995. The molecule has 1 aliphatic carbocycles. The SMILES string of the molecule is COC(=O)[C@@]12CCCCC3=C1N(CCC3)C(=O)[C@H]2CC(=O)NCc1cccc2ccccc12. The van der Waals surface area contributed by atoms with Gasteiger partial charge in [-0.25, -0.2) is 0 Å². The molecular formula is C27H30N2O4. The number of nitrogens with zero attached hydrogens (tertiary/aromatic N) is 1. The number of ether oxygens (including phenoxy) is 1. The maximum atomic E-state index is 13.5. The van der Waals surface area contributed by atoms with Gasteiger partial charge in [0.15, 0.2) is 0 Å². The Morgan fingerprint density at radius 3 is 2.73 bits per heavy atom. The predicted molar refractivity (Wildman–Crippen MR) is 125 cm³/mol. The molecular weight excluding hydrogens is 416 g/mol. The van der Waals surface area contributed by atoms with Gasteiger partial charge in [0.25, 0.3) is 0 Å². The van der Waals surface area contributed by atoms with E-state index in [0.717, 1.165) is 54.1 Å². The Labute approximate surface area is 194 Å². The summed E-state index contributed by atoms with van der Waals surface area (Å²) in [7, 11) is 1.38. The molecule has 0 radical (unpaired) electrons. The Morgan fingerprint density at radius 1 is 1.09 bits per heavy atom. The lowest BCUT2D eigenvalue weighted by atomic mass is 9.70. The monoisotopic (exact) mass is 446 g/mol. The van der Waals surface area contributed by atoms with E-state index >= 15 is 0 Å². The number of allylic oxidation sites excluding steroid dienone is 1. The molecule has 0 aromatic heterocycles. The minimum absolute atomic E-state index is 0.00796. The Hall–Kier alpha value is -3.15. The number of carbonyl (C=O) groups is 3. The molecule has 0 saturated carbocycles. The van der Waals surface area contributed by atoms with E-state index in [0.29, 0.717) is 19.5 Å². The zero-order chi connectivity index (χ0) is 23.0. The molecule has 2 amide bonds. The molecule has 2 aromatic carbocycles. The molecule has 1 saturated heterocycles. The second kappa shape index (κ2) is 8.65. The Bertz CT molecular complexity index is 1150. The normalized spacial score (nSPS) is 24.5. The van der Waals surface area contributed by atoms with E-state index in [2.05, 4.69) is 5.32 Å². The predicted octanol–water partition coefficient (Wildman–Crippen LogP) is 4.09. The van der Waals surface area contributed by atoms with Gasteiger partial charge in [0.1, 0.15) is 5.41 Å². The Kier molecular flexibility index (Phi) is 5.69. The van der Waals surface area contributed by atoms with Gasteiger partial charge in [-0.2, -0.15) is 0 Å². The highest BCUT2D eigenvalue weighted by Crippen LogP contribution is 2.56. The summed E-state index contributed by atoms with van der Waals surface area (Å²) in [5.74, 6) is -1.40. The first-order chi connectivity index (χ1) is 16.1. The van der Waals surface area contributed by atoms with E-state index < -0.39 is 11.3 Å². The number of esters is 1. The van der Waals surface area contributed by atoms with Crippen LogP contribution < -0.4 is 5.32 Å². The van der Waals surface area contributed by atoms with Crippen molar-refractivity contribution in [1.29, 1.82) is 0 Å². The second-order valence-corrected chi connectivity index (χ2v) is 9.39. The number of hydrogen-bond acceptors (Lipinski definition) is 4.